The van der Waals surface area contributed by atoms with Crippen molar-refractivity contribution in [3.05, 3.63) is 54.4 Å². The lowest BCUT2D eigenvalue weighted by molar-refractivity contribution is 1.11. The van der Waals surface area contributed by atoms with Crippen molar-refractivity contribution in [3.8, 4) is 11.1 Å². The van der Waals surface area contributed by atoms with Crippen LogP contribution >= 0.6 is 0 Å². The molecule has 2 heterocycles. The number of fused-ring (bicyclic) bond motifs is 2. The van der Waals surface area contributed by atoms with Crippen LogP contribution in [0.25, 0.3) is 22.2 Å². The van der Waals surface area contributed by atoms with Crippen molar-refractivity contribution in [1.29, 1.82) is 0 Å². The summed E-state index contributed by atoms with van der Waals surface area (Å²) in [6.07, 6.45) is 4.57. The second-order valence-corrected chi connectivity index (χ2v) is 4.81. The molecule has 0 atom stereocenters. The van der Waals surface area contributed by atoms with Gasteiger partial charge in [0.2, 0.25) is 0 Å². The molecule has 2 aromatic carbocycles. The van der Waals surface area contributed by atoms with Crippen LogP contribution in [0.15, 0.2) is 48.8 Å². The van der Waals surface area contributed by atoms with Gasteiger partial charge >= 0.3 is 0 Å². The van der Waals surface area contributed by atoms with E-state index < -0.39 is 0 Å². The number of rotatable bonds is 1. The molecule has 1 aromatic heterocycles. The van der Waals surface area contributed by atoms with Crippen LogP contribution in [-0.2, 0) is 6.42 Å². The SMILES string of the molecule is c1cnc2cc(-c3ccc4c(c3)CCN4)ccc2n1. The molecule has 0 spiro atoms. The third-order valence-corrected chi connectivity index (χ3v) is 3.62. The van der Waals surface area contributed by atoms with Gasteiger partial charge in [0.1, 0.15) is 0 Å². The summed E-state index contributed by atoms with van der Waals surface area (Å²) in [5, 5.41) is 3.39. The van der Waals surface area contributed by atoms with Crippen molar-refractivity contribution in [2.45, 2.75) is 6.42 Å². The quantitative estimate of drug-likeness (QED) is 0.717. The summed E-state index contributed by atoms with van der Waals surface area (Å²) in [5.74, 6) is 0. The van der Waals surface area contributed by atoms with E-state index in [9.17, 15) is 0 Å². The zero-order valence-corrected chi connectivity index (χ0v) is 10.4. The number of anilines is 1. The van der Waals surface area contributed by atoms with Crippen LogP contribution in [0.2, 0.25) is 0 Å². The van der Waals surface area contributed by atoms with Gasteiger partial charge in [0.05, 0.1) is 11.0 Å². The topological polar surface area (TPSA) is 37.8 Å². The number of benzene rings is 2. The molecule has 0 radical (unpaired) electrons. The average Bonchev–Trinajstić information content (AvgIpc) is 2.94. The minimum atomic E-state index is 0.939. The second kappa shape index (κ2) is 4.05. The Balaban J connectivity index is 1.85. The Morgan fingerprint density at radius 1 is 0.842 bits per heavy atom. The van der Waals surface area contributed by atoms with Gasteiger partial charge < -0.3 is 5.32 Å². The van der Waals surface area contributed by atoms with Crippen LogP contribution in [0.4, 0.5) is 5.69 Å². The highest BCUT2D eigenvalue weighted by atomic mass is 14.9. The van der Waals surface area contributed by atoms with Crippen molar-refractivity contribution in [1.82, 2.24) is 9.97 Å². The number of aromatic nitrogens is 2. The Morgan fingerprint density at radius 2 is 1.63 bits per heavy atom. The molecule has 3 nitrogen and oxygen atoms in total. The number of nitrogens with one attached hydrogen (secondary N) is 1. The van der Waals surface area contributed by atoms with Crippen LogP contribution in [0.5, 0.6) is 0 Å². The lowest BCUT2D eigenvalue weighted by Crippen LogP contribution is -1.90. The van der Waals surface area contributed by atoms with Crippen LogP contribution in [0.1, 0.15) is 5.56 Å². The molecule has 1 aliphatic heterocycles. The number of nitrogens with zero attached hydrogens (tertiary/aromatic N) is 2. The predicted octanol–water partition coefficient (Wildman–Crippen LogP) is 3.26. The summed E-state index contributed by atoms with van der Waals surface area (Å²) in [6.45, 7) is 1.04. The molecule has 92 valence electrons. The molecule has 3 aromatic rings. The minimum absolute atomic E-state index is 0.939. The van der Waals surface area contributed by atoms with E-state index >= 15 is 0 Å². The van der Waals surface area contributed by atoms with Crippen molar-refractivity contribution in [2.75, 3.05) is 11.9 Å². The van der Waals surface area contributed by atoms with E-state index in [1.165, 1.54) is 22.4 Å². The van der Waals surface area contributed by atoms with E-state index in [0.717, 1.165) is 24.0 Å². The Hall–Kier alpha value is -2.42. The Morgan fingerprint density at radius 3 is 2.58 bits per heavy atom. The van der Waals surface area contributed by atoms with Crippen molar-refractivity contribution < 1.29 is 0 Å². The van der Waals surface area contributed by atoms with Crippen LogP contribution in [0, 0.1) is 0 Å². The van der Waals surface area contributed by atoms with Gasteiger partial charge in [0.25, 0.3) is 0 Å². The van der Waals surface area contributed by atoms with Crippen molar-refractivity contribution in [2.24, 2.45) is 0 Å². The summed E-state index contributed by atoms with van der Waals surface area (Å²) >= 11 is 0. The first-order valence-electron chi connectivity index (χ1n) is 6.48. The molecule has 3 heteroatoms. The Kier molecular flexibility index (Phi) is 2.24. The standard InChI is InChI=1S/C16H13N3/c1-3-14-13(5-6-17-14)9-11(1)12-2-4-15-16(10-12)19-8-7-18-15/h1-4,7-10,17H,5-6H2. The summed E-state index contributed by atoms with van der Waals surface area (Å²) in [7, 11) is 0. The first-order valence-corrected chi connectivity index (χ1v) is 6.48. The largest absolute Gasteiger partial charge is 0.384 e. The van der Waals surface area contributed by atoms with Crippen molar-refractivity contribution >= 4 is 16.7 Å². The smallest absolute Gasteiger partial charge is 0.0892 e. The van der Waals surface area contributed by atoms with Crippen LogP contribution < -0.4 is 5.32 Å². The van der Waals surface area contributed by atoms with Gasteiger partial charge in [-0.2, -0.15) is 0 Å². The molecular weight excluding hydrogens is 234 g/mol. The fourth-order valence-corrected chi connectivity index (χ4v) is 2.63. The Bertz CT molecular complexity index is 765. The third-order valence-electron chi connectivity index (χ3n) is 3.62. The maximum atomic E-state index is 4.37. The van der Waals surface area contributed by atoms with E-state index in [2.05, 4.69) is 45.6 Å². The summed E-state index contributed by atoms with van der Waals surface area (Å²) in [6, 6.07) is 12.8. The molecular formula is C16H13N3. The molecule has 0 bridgehead atoms. The molecule has 1 aliphatic rings. The molecule has 4 rings (SSSR count). The van der Waals surface area contributed by atoms with Gasteiger partial charge in [-0.3, -0.25) is 9.97 Å². The lowest BCUT2D eigenvalue weighted by atomic mass is 10.0. The lowest BCUT2D eigenvalue weighted by Gasteiger charge is -2.06. The van der Waals surface area contributed by atoms with Gasteiger partial charge in [0.15, 0.2) is 0 Å². The van der Waals surface area contributed by atoms with Gasteiger partial charge in [-0.1, -0.05) is 12.1 Å². The highest BCUT2D eigenvalue weighted by molar-refractivity contribution is 5.81. The van der Waals surface area contributed by atoms with Gasteiger partial charge in [-0.25, -0.2) is 0 Å². The maximum absolute atomic E-state index is 4.37. The minimum Gasteiger partial charge on any atom is -0.384 e. The molecule has 0 unspecified atom stereocenters. The fourth-order valence-electron chi connectivity index (χ4n) is 2.63. The predicted molar refractivity (Wildman–Crippen MR) is 77.2 cm³/mol. The maximum Gasteiger partial charge on any atom is 0.0892 e. The normalized spacial score (nSPS) is 13.3. The number of hydrogen-bond donors (Lipinski definition) is 1. The van der Waals surface area contributed by atoms with E-state index in [0.29, 0.717) is 0 Å². The summed E-state index contributed by atoms with van der Waals surface area (Å²) in [5.41, 5.74) is 6.99. The second-order valence-electron chi connectivity index (χ2n) is 4.81. The average molecular weight is 247 g/mol. The molecule has 0 saturated carbocycles. The van der Waals surface area contributed by atoms with Gasteiger partial charge in [-0.05, 0) is 47.4 Å². The highest BCUT2D eigenvalue weighted by Gasteiger charge is 2.10. The number of hydrogen-bond acceptors (Lipinski definition) is 3. The van der Waals surface area contributed by atoms with E-state index in [1.807, 2.05) is 6.07 Å². The molecule has 0 aliphatic carbocycles. The molecule has 1 N–H and O–H groups in total. The van der Waals surface area contributed by atoms with Crippen LogP contribution in [-0.4, -0.2) is 16.5 Å². The molecule has 19 heavy (non-hydrogen) atoms. The first kappa shape index (κ1) is 10.5. The molecule has 0 amide bonds. The van der Waals surface area contributed by atoms with Crippen LogP contribution in [0.3, 0.4) is 0 Å². The summed E-state index contributed by atoms with van der Waals surface area (Å²) < 4.78 is 0. The summed E-state index contributed by atoms with van der Waals surface area (Å²) in [4.78, 5) is 8.67. The highest BCUT2D eigenvalue weighted by Crippen LogP contribution is 2.29. The fraction of sp³-hybridized carbons (Fsp3) is 0.125. The van der Waals surface area contributed by atoms with E-state index in [1.54, 1.807) is 12.4 Å². The van der Waals surface area contributed by atoms with Crippen molar-refractivity contribution in [3.63, 3.8) is 0 Å². The Labute approximate surface area is 111 Å². The molecule has 0 saturated heterocycles. The zero-order valence-electron chi connectivity index (χ0n) is 10.4. The third kappa shape index (κ3) is 1.74. The first-order chi connectivity index (χ1) is 9.40. The van der Waals surface area contributed by atoms with Gasteiger partial charge in [-0.15, -0.1) is 0 Å². The van der Waals surface area contributed by atoms with Gasteiger partial charge in [0, 0.05) is 24.6 Å². The van der Waals surface area contributed by atoms with E-state index in [4.69, 9.17) is 0 Å². The molecule has 0 fully saturated rings. The van der Waals surface area contributed by atoms with E-state index in [-0.39, 0.29) is 0 Å². The zero-order chi connectivity index (χ0) is 12.7. The monoisotopic (exact) mass is 247 g/mol.